The summed E-state index contributed by atoms with van der Waals surface area (Å²) in [4.78, 5) is 16.8. The lowest BCUT2D eigenvalue weighted by molar-refractivity contribution is -0.137. The van der Waals surface area contributed by atoms with Crippen molar-refractivity contribution in [3.8, 4) is 34.6 Å². The first-order chi connectivity index (χ1) is 17.7. The molecule has 1 aliphatic heterocycles. The third-order valence-corrected chi connectivity index (χ3v) is 6.88. The first kappa shape index (κ1) is 24.5. The molecule has 4 aromatic rings. The molecule has 5 rings (SSSR count). The van der Waals surface area contributed by atoms with Crippen LogP contribution in [0.1, 0.15) is 22.3 Å². The zero-order chi connectivity index (χ0) is 26.2. The summed E-state index contributed by atoms with van der Waals surface area (Å²) in [6, 6.07) is 18.2. The number of ether oxygens (including phenoxy) is 1. The number of alkyl halides is 3. The van der Waals surface area contributed by atoms with E-state index in [0.717, 1.165) is 34.5 Å². The Kier molecular flexibility index (Phi) is 6.39. The summed E-state index contributed by atoms with van der Waals surface area (Å²) in [5, 5.41) is 19.9. The number of fused-ring (bicyclic) bond motifs is 3. The predicted molar refractivity (Wildman–Crippen MR) is 132 cm³/mol. The highest BCUT2D eigenvalue weighted by Crippen LogP contribution is 2.35. The zero-order valence-electron chi connectivity index (χ0n) is 19.1. The number of halogens is 3. The zero-order valence-corrected chi connectivity index (χ0v) is 19.9. The average molecular weight is 522 g/mol. The van der Waals surface area contributed by atoms with Gasteiger partial charge in [-0.05, 0) is 72.1 Å². The minimum absolute atomic E-state index is 0.0271. The molecular formula is C27H18F3N3O3S. The molecule has 0 fully saturated rings. The molecular weight excluding hydrogens is 503 g/mol. The summed E-state index contributed by atoms with van der Waals surface area (Å²) in [7, 11) is 0. The fraction of sp³-hybridized carbons (Fsp3) is 0.148. The number of phenols is 1. The van der Waals surface area contributed by atoms with Gasteiger partial charge < -0.3 is 9.84 Å². The maximum absolute atomic E-state index is 13.0. The molecule has 0 amide bonds. The number of aryl methyl sites for hydroxylation is 1. The van der Waals surface area contributed by atoms with Crippen LogP contribution in [-0.2, 0) is 24.9 Å². The van der Waals surface area contributed by atoms with E-state index in [-0.39, 0.29) is 28.5 Å². The SMILES string of the molecule is N#Cc1cc(CSc2cc3n(c(=O)n2)CCc2cc(O)ccc2-3)ccc1Oc1cccc(C(F)(F)F)c1. The van der Waals surface area contributed by atoms with Crippen molar-refractivity contribution in [3.63, 3.8) is 0 Å². The number of aromatic nitrogens is 2. The van der Waals surface area contributed by atoms with E-state index < -0.39 is 11.7 Å². The molecule has 1 aromatic heterocycles. The minimum Gasteiger partial charge on any atom is -0.508 e. The molecule has 1 aliphatic rings. The summed E-state index contributed by atoms with van der Waals surface area (Å²) in [5.41, 5.74) is 2.27. The standard InChI is InChI=1S/C27H18F3N3O3S/c28-27(29,30)19-2-1-3-21(12-19)36-24-7-4-16(10-18(24)14-31)15-37-25-13-23-22-6-5-20(34)11-17(22)8-9-33(23)26(35)32-25/h1-7,10-13,34H,8-9,15H2. The Bertz CT molecular complexity index is 1610. The quantitative estimate of drug-likeness (QED) is 0.251. The summed E-state index contributed by atoms with van der Waals surface area (Å²) in [6.07, 6.45) is -3.88. The van der Waals surface area contributed by atoms with Crippen LogP contribution < -0.4 is 10.4 Å². The Balaban J connectivity index is 1.35. The molecule has 37 heavy (non-hydrogen) atoms. The Morgan fingerprint density at radius 1 is 1.11 bits per heavy atom. The Morgan fingerprint density at radius 3 is 2.73 bits per heavy atom. The molecule has 0 saturated heterocycles. The van der Waals surface area contributed by atoms with Gasteiger partial charge in [-0.3, -0.25) is 4.57 Å². The van der Waals surface area contributed by atoms with Gasteiger partial charge in [0, 0.05) is 17.9 Å². The van der Waals surface area contributed by atoms with Crippen LogP contribution in [-0.4, -0.2) is 14.7 Å². The largest absolute Gasteiger partial charge is 0.508 e. The third-order valence-electron chi connectivity index (χ3n) is 5.90. The molecule has 6 nitrogen and oxygen atoms in total. The molecule has 0 atom stereocenters. The molecule has 0 radical (unpaired) electrons. The third kappa shape index (κ3) is 5.17. The van der Waals surface area contributed by atoms with Crippen molar-refractivity contribution in [1.29, 1.82) is 5.26 Å². The summed E-state index contributed by atoms with van der Waals surface area (Å²) in [5.74, 6) is 0.685. The van der Waals surface area contributed by atoms with E-state index in [1.807, 2.05) is 12.1 Å². The summed E-state index contributed by atoms with van der Waals surface area (Å²) >= 11 is 1.32. The molecule has 0 spiro atoms. The van der Waals surface area contributed by atoms with Crippen molar-refractivity contribution in [2.45, 2.75) is 29.9 Å². The molecule has 10 heteroatoms. The summed E-state index contributed by atoms with van der Waals surface area (Å²) < 4.78 is 46.2. The molecule has 2 heterocycles. The van der Waals surface area contributed by atoms with Crippen LogP contribution in [0.5, 0.6) is 17.2 Å². The highest BCUT2D eigenvalue weighted by molar-refractivity contribution is 7.98. The Morgan fingerprint density at radius 2 is 1.95 bits per heavy atom. The van der Waals surface area contributed by atoms with Gasteiger partial charge in [0.2, 0.25) is 0 Å². The van der Waals surface area contributed by atoms with Gasteiger partial charge in [-0.25, -0.2) is 4.79 Å². The number of nitriles is 1. The highest BCUT2D eigenvalue weighted by atomic mass is 32.2. The number of phenolic OH excluding ortho intramolecular Hbond substituents is 1. The van der Waals surface area contributed by atoms with E-state index in [0.29, 0.717) is 23.7 Å². The number of rotatable bonds is 5. The number of thioether (sulfide) groups is 1. The topological polar surface area (TPSA) is 88.1 Å². The van der Waals surface area contributed by atoms with Crippen molar-refractivity contribution < 1.29 is 23.0 Å². The van der Waals surface area contributed by atoms with Crippen molar-refractivity contribution in [2.24, 2.45) is 0 Å². The van der Waals surface area contributed by atoms with Crippen LogP contribution in [0, 0.1) is 11.3 Å². The number of hydrogen-bond donors (Lipinski definition) is 1. The normalized spacial score (nSPS) is 12.4. The molecule has 0 bridgehead atoms. The predicted octanol–water partition coefficient (Wildman–Crippen LogP) is 6.15. The van der Waals surface area contributed by atoms with E-state index in [1.54, 1.807) is 34.9 Å². The second-order valence-corrected chi connectivity index (χ2v) is 9.36. The van der Waals surface area contributed by atoms with Crippen LogP contribution >= 0.6 is 11.8 Å². The van der Waals surface area contributed by atoms with E-state index in [2.05, 4.69) is 4.98 Å². The smallest absolute Gasteiger partial charge is 0.416 e. The van der Waals surface area contributed by atoms with Gasteiger partial charge in [0.1, 0.15) is 28.3 Å². The van der Waals surface area contributed by atoms with Crippen LogP contribution in [0.25, 0.3) is 11.3 Å². The maximum atomic E-state index is 13.0. The molecule has 3 aromatic carbocycles. The molecule has 186 valence electrons. The van der Waals surface area contributed by atoms with Crippen molar-refractivity contribution >= 4 is 11.8 Å². The van der Waals surface area contributed by atoms with Gasteiger partial charge in [-0.2, -0.15) is 23.4 Å². The fourth-order valence-electron chi connectivity index (χ4n) is 4.13. The van der Waals surface area contributed by atoms with Crippen LogP contribution in [0.4, 0.5) is 13.2 Å². The Labute approximate surface area is 213 Å². The lowest BCUT2D eigenvalue weighted by atomic mass is 9.98. The average Bonchev–Trinajstić information content (AvgIpc) is 2.87. The van der Waals surface area contributed by atoms with E-state index in [9.17, 15) is 28.3 Å². The summed E-state index contributed by atoms with van der Waals surface area (Å²) in [6.45, 7) is 0.474. The number of hydrogen-bond acceptors (Lipinski definition) is 6. The number of nitrogens with zero attached hydrogens (tertiary/aromatic N) is 3. The first-order valence-corrected chi connectivity index (χ1v) is 12.1. The lowest BCUT2D eigenvalue weighted by Gasteiger charge is -2.21. The molecule has 1 N–H and O–H groups in total. The second kappa shape index (κ2) is 9.67. The number of aromatic hydroxyl groups is 1. The van der Waals surface area contributed by atoms with E-state index >= 15 is 0 Å². The van der Waals surface area contributed by atoms with Crippen molar-refractivity contribution in [1.82, 2.24) is 9.55 Å². The maximum Gasteiger partial charge on any atom is 0.416 e. The minimum atomic E-state index is -4.50. The van der Waals surface area contributed by atoms with Gasteiger partial charge in [-0.15, -0.1) is 11.8 Å². The van der Waals surface area contributed by atoms with Gasteiger partial charge in [0.25, 0.3) is 0 Å². The van der Waals surface area contributed by atoms with Gasteiger partial charge in [0.05, 0.1) is 16.8 Å². The monoisotopic (exact) mass is 521 g/mol. The highest BCUT2D eigenvalue weighted by Gasteiger charge is 2.30. The van der Waals surface area contributed by atoms with Gasteiger partial charge >= 0.3 is 11.9 Å². The Hall–Kier alpha value is -4.23. The van der Waals surface area contributed by atoms with Crippen LogP contribution in [0.2, 0.25) is 0 Å². The molecule has 0 unspecified atom stereocenters. The van der Waals surface area contributed by atoms with E-state index in [1.165, 1.54) is 30.0 Å². The van der Waals surface area contributed by atoms with Crippen LogP contribution in [0.3, 0.4) is 0 Å². The van der Waals surface area contributed by atoms with Crippen molar-refractivity contribution in [3.05, 3.63) is 99.5 Å². The second-order valence-electron chi connectivity index (χ2n) is 8.36. The molecule has 0 saturated carbocycles. The van der Waals surface area contributed by atoms with E-state index in [4.69, 9.17) is 4.74 Å². The molecule has 0 aliphatic carbocycles. The van der Waals surface area contributed by atoms with Gasteiger partial charge in [0.15, 0.2) is 0 Å². The van der Waals surface area contributed by atoms with Crippen LogP contribution in [0.15, 0.2) is 76.6 Å². The van der Waals surface area contributed by atoms with Gasteiger partial charge in [-0.1, -0.05) is 12.1 Å². The first-order valence-electron chi connectivity index (χ1n) is 11.2. The lowest BCUT2D eigenvalue weighted by Crippen LogP contribution is -2.28. The van der Waals surface area contributed by atoms with Crippen molar-refractivity contribution in [2.75, 3.05) is 0 Å². The fourth-order valence-corrected chi connectivity index (χ4v) is 4.96. The number of benzene rings is 3.